The Balaban J connectivity index is 2.02. The standard InChI is InChI=1S/C16H20N2O4/c1-16(2,3)22-15(19)17-10-8-13(9-11-17)12-4-6-14(7-5-12)18(20)21/h4-8H,9-11H2,1-3H3. The molecule has 0 atom stereocenters. The summed E-state index contributed by atoms with van der Waals surface area (Å²) < 4.78 is 5.34. The molecule has 0 radical (unpaired) electrons. The molecule has 1 heterocycles. The van der Waals surface area contributed by atoms with Crippen molar-refractivity contribution in [2.45, 2.75) is 32.8 Å². The summed E-state index contributed by atoms with van der Waals surface area (Å²) in [5, 5.41) is 10.7. The van der Waals surface area contributed by atoms with Gasteiger partial charge in [0.25, 0.3) is 5.69 Å². The van der Waals surface area contributed by atoms with Crippen molar-refractivity contribution < 1.29 is 14.5 Å². The molecule has 0 unspecified atom stereocenters. The second-order valence-corrected chi connectivity index (χ2v) is 6.21. The second kappa shape index (κ2) is 6.17. The quantitative estimate of drug-likeness (QED) is 0.618. The molecule has 0 fully saturated rings. The van der Waals surface area contributed by atoms with Crippen LogP contribution in [0, 0.1) is 10.1 Å². The molecule has 0 N–H and O–H groups in total. The molecule has 22 heavy (non-hydrogen) atoms. The van der Waals surface area contributed by atoms with Gasteiger partial charge in [0.1, 0.15) is 5.60 Å². The van der Waals surface area contributed by atoms with E-state index in [0.717, 1.165) is 11.1 Å². The minimum atomic E-state index is -0.501. The van der Waals surface area contributed by atoms with E-state index in [2.05, 4.69) is 0 Å². The number of non-ortho nitro benzene ring substituents is 1. The van der Waals surface area contributed by atoms with Crippen LogP contribution in [-0.2, 0) is 4.74 Å². The molecule has 1 amide bonds. The molecule has 0 aliphatic carbocycles. The van der Waals surface area contributed by atoms with Gasteiger partial charge in [-0.3, -0.25) is 10.1 Å². The molecule has 0 saturated carbocycles. The molecule has 6 heteroatoms. The number of nitro groups is 1. The van der Waals surface area contributed by atoms with E-state index >= 15 is 0 Å². The summed E-state index contributed by atoms with van der Waals surface area (Å²) in [6, 6.07) is 6.48. The average molecular weight is 304 g/mol. The fraction of sp³-hybridized carbons (Fsp3) is 0.438. The first-order chi connectivity index (χ1) is 10.3. The third-order valence-corrected chi connectivity index (χ3v) is 3.31. The molecule has 0 bridgehead atoms. The Labute approximate surface area is 129 Å². The highest BCUT2D eigenvalue weighted by atomic mass is 16.6. The molecule has 1 aliphatic rings. The average Bonchev–Trinajstić information content (AvgIpc) is 2.46. The summed E-state index contributed by atoms with van der Waals surface area (Å²) in [6.07, 6.45) is 2.36. The minimum Gasteiger partial charge on any atom is -0.444 e. The van der Waals surface area contributed by atoms with Crippen LogP contribution in [0.25, 0.3) is 5.57 Å². The van der Waals surface area contributed by atoms with E-state index in [-0.39, 0.29) is 11.8 Å². The highest BCUT2D eigenvalue weighted by molar-refractivity contribution is 5.73. The van der Waals surface area contributed by atoms with Gasteiger partial charge in [-0.15, -0.1) is 0 Å². The number of amides is 1. The zero-order valence-electron chi connectivity index (χ0n) is 13.0. The number of hydrogen-bond donors (Lipinski definition) is 0. The monoisotopic (exact) mass is 304 g/mol. The number of nitro benzene ring substituents is 1. The summed E-state index contributed by atoms with van der Waals surface area (Å²) in [5.41, 5.74) is 1.62. The van der Waals surface area contributed by atoms with Crippen molar-refractivity contribution in [1.29, 1.82) is 0 Å². The lowest BCUT2D eigenvalue weighted by molar-refractivity contribution is -0.384. The van der Waals surface area contributed by atoms with Crippen molar-refractivity contribution in [3.63, 3.8) is 0 Å². The van der Waals surface area contributed by atoms with Crippen molar-refractivity contribution in [3.8, 4) is 0 Å². The van der Waals surface area contributed by atoms with Gasteiger partial charge in [0, 0.05) is 25.2 Å². The molecular weight excluding hydrogens is 284 g/mol. The first-order valence-corrected chi connectivity index (χ1v) is 7.18. The van der Waals surface area contributed by atoms with E-state index in [4.69, 9.17) is 4.74 Å². The van der Waals surface area contributed by atoms with Gasteiger partial charge in [-0.05, 0) is 50.5 Å². The topological polar surface area (TPSA) is 72.7 Å². The number of hydrogen-bond acceptors (Lipinski definition) is 4. The maximum Gasteiger partial charge on any atom is 0.410 e. The van der Waals surface area contributed by atoms with Crippen molar-refractivity contribution in [1.82, 2.24) is 4.90 Å². The lowest BCUT2D eigenvalue weighted by atomic mass is 9.99. The highest BCUT2D eigenvalue weighted by Gasteiger charge is 2.23. The van der Waals surface area contributed by atoms with Gasteiger partial charge >= 0.3 is 6.09 Å². The number of rotatable bonds is 2. The molecule has 6 nitrogen and oxygen atoms in total. The Bertz CT molecular complexity index is 600. The van der Waals surface area contributed by atoms with Crippen LogP contribution in [0.3, 0.4) is 0 Å². The number of benzene rings is 1. The van der Waals surface area contributed by atoms with E-state index in [1.165, 1.54) is 12.1 Å². The van der Waals surface area contributed by atoms with Crippen LogP contribution in [-0.4, -0.2) is 34.6 Å². The normalized spacial score (nSPS) is 15.2. The van der Waals surface area contributed by atoms with Gasteiger partial charge in [-0.2, -0.15) is 0 Å². The molecule has 0 aromatic heterocycles. The summed E-state index contributed by atoms with van der Waals surface area (Å²) in [4.78, 5) is 23.9. The smallest absolute Gasteiger partial charge is 0.410 e. The van der Waals surface area contributed by atoms with Crippen LogP contribution in [0.4, 0.5) is 10.5 Å². The predicted molar refractivity (Wildman–Crippen MR) is 83.5 cm³/mol. The van der Waals surface area contributed by atoms with Crippen LogP contribution in [0.1, 0.15) is 32.8 Å². The Kier molecular flexibility index (Phi) is 4.49. The summed E-state index contributed by atoms with van der Waals surface area (Å²) in [6.45, 7) is 6.59. The van der Waals surface area contributed by atoms with E-state index in [1.807, 2.05) is 26.8 Å². The first-order valence-electron chi connectivity index (χ1n) is 7.18. The van der Waals surface area contributed by atoms with Crippen molar-refractivity contribution in [3.05, 3.63) is 46.0 Å². The molecule has 0 saturated heterocycles. The van der Waals surface area contributed by atoms with Gasteiger partial charge in [-0.1, -0.05) is 6.08 Å². The molecule has 1 aromatic rings. The summed E-state index contributed by atoms with van der Waals surface area (Å²) >= 11 is 0. The molecule has 1 aromatic carbocycles. The Morgan fingerprint density at radius 2 is 1.91 bits per heavy atom. The minimum absolute atomic E-state index is 0.0792. The molecular formula is C16H20N2O4. The molecule has 0 spiro atoms. The van der Waals surface area contributed by atoms with E-state index in [9.17, 15) is 14.9 Å². The summed E-state index contributed by atoms with van der Waals surface area (Å²) in [7, 11) is 0. The van der Waals surface area contributed by atoms with E-state index < -0.39 is 10.5 Å². The third-order valence-electron chi connectivity index (χ3n) is 3.31. The first kappa shape index (κ1) is 16.0. The van der Waals surface area contributed by atoms with E-state index in [0.29, 0.717) is 19.5 Å². The van der Waals surface area contributed by atoms with Gasteiger partial charge in [0.15, 0.2) is 0 Å². The predicted octanol–water partition coefficient (Wildman–Crippen LogP) is 3.62. The lowest BCUT2D eigenvalue weighted by Gasteiger charge is -2.29. The number of ether oxygens (including phenoxy) is 1. The fourth-order valence-corrected chi connectivity index (χ4v) is 2.22. The van der Waals surface area contributed by atoms with E-state index in [1.54, 1.807) is 17.0 Å². The van der Waals surface area contributed by atoms with Gasteiger partial charge in [-0.25, -0.2) is 4.79 Å². The Morgan fingerprint density at radius 1 is 1.27 bits per heavy atom. The highest BCUT2D eigenvalue weighted by Crippen LogP contribution is 2.25. The van der Waals surface area contributed by atoms with Gasteiger partial charge in [0.05, 0.1) is 4.92 Å². The zero-order valence-corrected chi connectivity index (χ0v) is 13.0. The summed E-state index contributed by atoms with van der Waals surface area (Å²) in [5.74, 6) is 0. The van der Waals surface area contributed by atoms with Crippen LogP contribution in [0.15, 0.2) is 30.3 Å². The van der Waals surface area contributed by atoms with Crippen molar-refractivity contribution >= 4 is 17.4 Å². The third kappa shape index (κ3) is 4.07. The fourth-order valence-electron chi connectivity index (χ4n) is 2.22. The van der Waals surface area contributed by atoms with Crippen LogP contribution >= 0.6 is 0 Å². The van der Waals surface area contributed by atoms with Crippen LogP contribution in [0.5, 0.6) is 0 Å². The number of carbonyl (C=O) groups excluding carboxylic acids is 1. The maximum absolute atomic E-state index is 12.0. The Hall–Kier alpha value is -2.37. The molecule has 118 valence electrons. The second-order valence-electron chi connectivity index (χ2n) is 6.21. The number of nitrogens with zero attached hydrogens (tertiary/aromatic N) is 2. The van der Waals surface area contributed by atoms with Crippen molar-refractivity contribution in [2.75, 3.05) is 13.1 Å². The zero-order chi connectivity index (χ0) is 16.3. The number of carbonyl (C=O) groups is 1. The van der Waals surface area contributed by atoms with Gasteiger partial charge < -0.3 is 9.64 Å². The maximum atomic E-state index is 12.0. The van der Waals surface area contributed by atoms with Gasteiger partial charge in [0.2, 0.25) is 0 Å². The lowest BCUT2D eigenvalue weighted by Crippen LogP contribution is -2.39. The molecule has 2 rings (SSSR count). The Morgan fingerprint density at radius 3 is 2.36 bits per heavy atom. The SMILES string of the molecule is CC(C)(C)OC(=O)N1CC=C(c2ccc([N+](=O)[O-])cc2)CC1. The molecule has 1 aliphatic heterocycles. The van der Waals surface area contributed by atoms with Crippen LogP contribution in [0.2, 0.25) is 0 Å². The van der Waals surface area contributed by atoms with Crippen molar-refractivity contribution in [2.24, 2.45) is 0 Å². The largest absolute Gasteiger partial charge is 0.444 e. The van der Waals surface area contributed by atoms with Crippen LogP contribution < -0.4 is 0 Å².